The molecule has 0 amide bonds. The molecule has 1 N–H and O–H groups in total. The van der Waals surface area contributed by atoms with Gasteiger partial charge in [0.15, 0.2) is 0 Å². The molecule has 2 unspecified atom stereocenters. The highest BCUT2D eigenvalue weighted by molar-refractivity contribution is 5.27. The average Bonchev–Trinajstić information content (AvgIpc) is 2.54. The standard InChI is InChI=1S/C19H25NO/c1-4-15(2)21-19-12-10-17(11-13-19)14-20-16(3)18-8-6-5-7-9-18/h5-13,15-16,20H,4,14H2,1-3H3. The summed E-state index contributed by atoms with van der Waals surface area (Å²) in [4.78, 5) is 0. The molecule has 0 saturated heterocycles. The lowest BCUT2D eigenvalue weighted by atomic mass is 10.1. The van der Waals surface area contributed by atoms with Crippen LogP contribution in [-0.4, -0.2) is 6.10 Å². The molecule has 21 heavy (non-hydrogen) atoms. The topological polar surface area (TPSA) is 21.3 Å². The molecule has 0 fully saturated rings. The summed E-state index contributed by atoms with van der Waals surface area (Å²) in [5.41, 5.74) is 2.59. The zero-order valence-corrected chi connectivity index (χ0v) is 13.2. The SMILES string of the molecule is CCC(C)Oc1ccc(CNC(C)c2ccccc2)cc1. The monoisotopic (exact) mass is 283 g/mol. The molecule has 2 rings (SSSR count). The number of benzene rings is 2. The first-order chi connectivity index (χ1) is 10.2. The zero-order chi connectivity index (χ0) is 15.1. The van der Waals surface area contributed by atoms with E-state index in [9.17, 15) is 0 Å². The minimum atomic E-state index is 0.270. The molecule has 0 bridgehead atoms. The fourth-order valence-corrected chi connectivity index (χ4v) is 2.13. The molecule has 0 heterocycles. The van der Waals surface area contributed by atoms with E-state index in [0.717, 1.165) is 18.7 Å². The van der Waals surface area contributed by atoms with Crippen molar-refractivity contribution in [3.05, 3.63) is 65.7 Å². The van der Waals surface area contributed by atoms with Crippen LogP contribution in [0.2, 0.25) is 0 Å². The predicted octanol–water partition coefficient (Wildman–Crippen LogP) is 4.71. The Morgan fingerprint density at radius 3 is 2.24 bits per heavy atom. The molecule has 0 saturated carbocycles. The van der Waals surface area contributed by atoms with Crippen LogP contribution in [0.4, 0.5) is 0 Å². The lowest BCUT2D eigenvalue weighted by Crippen LogP contribution is -2.18. The number of hydrogen-bond donors (Lipinski definition) is 1. The molecule has 0 aliphatic carbocycles. The summed E-state index contributed by atoms with van der Waals surface area (Å²) < 4.78 is 5.79. The molecule has 0 radical (unpaired) electrons. The van der Waals surface area contributed by atoms with E-state index < -0.39 is 0 Å². The van der Waals surface area contributed by atoms with Crippen molar-refractivity contribution in [2.24, 2.45) is 0 Å². The van der Waals surface area contributed by atoms with E-state index >= 15 is 0 Å². The van der Waals surface area contributed by atoms with Crippen LogP contribution in [0.5, 0.6) is 5.75 Å². The van der Waals surface area contributed by atoms with E-state index in [1.807, 2.05) is 6.07 Å². The van der Waals surface area contributed by atoms with Gasteiger partial charge in [0.05, 0.1) is 6.10 Å². The molecule has 2 atom stereocenters. The summed E-state index contributed by atoms with van der Waals surface area (Å²) in [5.74, 6) is 0.948. The van der Waals surface area contributed by atoms with Crippen molar-refractivity contribution in [2.75, 3.05) is 0 Å². The van der Waals surface area contributed by atoms with Crippen LogP contribution in [0.3, 0.4) is 0 Å². The molecule has 0 aliphatic rings. The Labute approximate surface area is 128 Å². The summed E-state index contributed by atoms with van der Waals surface area (Å²) in [6.45, 7) is 7.28. The Kier molecular flexibility index (Phi) is 5.82. The lowest BCUT2D eigenvalue weighted by Gasteiger charge is -2.15. The van der Waals surface area contributed by atoms with Gasteiger partial charge in [0.2, 0.25) is 0 Å². The van der Waals surface area contributed by atoms with Crippen molar-refractivity contribution < 1.29 is 4.74 Å². The first-order valence-corrected chi connectivity index (χ1v) is 7.73. The van der Waals surface area contributed by atoms with Crippen molar-refractivity contribution in [1.29, 1.82) is 0 Å². The highest BCUT2D eigenvalue weighted by Crippen LogP contribution is 2.16. The lowest BCUT2D eigenvalue weighted by molar-refractivity contribution is 0.217. The van der Waals surface area contributed by atoms with Gasteiger partial charge in [-0.15, -0.1) is 0 Å². The number of ether oxygens (including phenoxy) is 1. The second-order valence-electron chi connectivity index (χ2n) is 5.49. The first-order valence-electron chi connectivity index (χ1n) is 7.73. The Balaban J connectivity index is 1.86. The van der Waals surface area contributed by atoms with Crippen molar-refractivity contribution in [3.63, 3.8) is 0 Å². The minimum absolute atomic E-state index is 0.270. The van der Waals surface area contributed by atoms with Crippen molar-refractivity contribution >= 4 is 0 Å². The summed E-state index contributed by atoms with van der Waals surface area (Å²) >= 11 is 0. The van der Waals surface area contributed by atoms with E-state index in [2.05, 4.69) is 74.6 Å². The van der Waals surface area contributed by atoms with Crippen LogP contribution >= 0.6 is 0 Å². The summed E-state index contributed by atoms with van der Waals surface area (Å²) in [5, 5.41) is 3.55. The highest BCUT2D eigenvalue weighted by Gasteiger charge is 2.04. The molecule has 2 aromatic rings. The largest absolute Gasteiger partial charge is 0.491 e. The van der Waals surface area contributed by atoms with Gasteiger partial charge in [0.25, 0.3) is 0 Å². The molecule has 2 heteroatoms. The quantitative estimate of drug-likeness (QED) is 0.794. The number of nitrogens with one attached hydrogen (secondary N) is 1. The van der Waals surface area contributed by atoms with E-state index in [-0.39, 0.29) is 6.10 Å². The van der Waals surface area contributed by atoms with Gasteiger partial charge in [-0.3, -0.25) is 0 Å². The maximum atomic E-state index is 5.79. The molecule has 0 aliphatic heterocycles. The van der Waals surface area contributed by atoms with Gasteiger partial charge in [0.1, 0.15) is 5.75 Å². The highest BCUT2D eigenvalue weighted by atomic mass is 16.5. The molecule has 112 valence electrons. The van der Waals surface area contributed by atoms with Gasteiger partial charge in [-0.05, 0) is 43.5 Å². The molecular weight excluding hydrogens is 258 g/mol. The maximum Gasteiger partial charge on any atom is 0.119 e. The molecule has 2 nitrogen and oxygen atoms in total. The third-order valence-electron chi connectivity index (χ3n) is 3.75. The van der Waals surface area contributed by atoms with Crippen molar-refractivity contribution in [2.45, 2.75) is 45.9 Å². The van der Waals surface area contributed by atoms with Crippen LogP contribution in [0.1, 0.15) is 44.4 Å². The Morgan fingerprint density at radius 1 is 0.952 bits per heavy atom. The van der Waals surface area contributed by atoms with E-state index in [4.69, 9.17) is 4.74 Å². The van der Waals surface area contributed by atoms with Crippen LogP contribution in [0.15, 0.2) is 54.6 Å². The molecular formula is C19H25NO. The fraction of sp³-hybridized carbons (Fsp3) is 0.368. The molecule has 0 aromatic heterocycles. The third-order valence-corrected chi connectivity index (χ3v) is 3.75. The molecule has 2 aromatic carbocycles. The average molecular weight is 283 g/mol. The van der Waals surface area contributed by atoms with Gasteiger partial charge in [0, 0.05) is 12.6 Å². The number of rotatable bonds is 7. The van der Waals surface area contributed by atoms with E-state index in [0.29, 0.717) is 6.04 Å². The normalized spacial score (nSPS) is 13.7. The second kappa shape index (κ2) is 7.84. The van der Waals surface area contributed by atoms with Crippen LogP contribution in [-0.2, 0) is 6.54 Å². The Morgan fingerprint density at radius 2 is 1.62 bits per heavy atom. The smallest absolute Gasteiger partial charge is 0.119 e. The minimum Gasteiger partial charge on any atom is -0.491 e. The van der Waals surface area contributed by atoms with Gasteiger partial charge >= 0.3 is 0 Å². The Hall–Kier alpha value is -1.80. The second-order valence-corrected chi connectivity index (χ2v) is 5.49. The van der Waals surface area contributed by atoms with Gasteiger partial charge in [-0.25, -0.2) is 0 Å². The van der Waals surface area contributed by atoms with Crippen molar-refractivity contribution in [3.8, 4) is 5.75 Å². The van der Waals surface area contributed by atoms with E-state index in [1.165, 1.54) is 11.1 Å². The van der Waals surface area contributed by atoms with Crippen LogP contribution < -0.4 is 10.1 Å². The van der Waals surface area contributed by atoms with Gasteiger partial charge in [-0.2, -0.15) is 0 Å². The zero-order valence-electron chi connectivity index (χ0n) is 13.2. The first kappa shape index (κ1) is 15.6. The van der Waals surface area contributed by atoms with E-state index in [1.54, 1.807) is 0 Å². The Bertz CT molecular complexity index is 521. The fourth-order valence-electron chi connectivity index (χ4n) is 2.13. The van der Waals surface area contributed by atoms with Crippen molar-refractivity contribution in [1.82, 2.24) is 5.32 Å². The van der Waals surface area contributed by atoms with Gasteiger partial charge < -0.3 is 10.1 Å². The summed E-state index contributed by atoms with van der Waals surface area (Å²) in [6.07, 6.45) is 1.30. The number of hydrogen-bond acceptors (Lipinski definition) is 2. The maximum absolute atomic E-state index is 5.79. The van der Waals surface area contributed by atoms with Gasteiger partial charge in [-0.1, -0.05) is 49.4 Å². The molecule has 0 spiro atoms. The van der Waals surface area contributed by atoms with Crippen LogP contribution in [0.25, 0.3) is 0 Å². The van der Waals surface area contributed by atoms with Crippen LogP contribution in [0, 0.1) is 0 Å². The summed E-state index contributed by atoms with van der Waals surface area (Å²) in [7, 11) is 0. The summed E-state index contributed by atoms with van der Waals surface area (Å²) in [6, 6.07) is 19.2. The predicted molar refractivity (Wildman–Crippen MR) is 88.5 cm³/mol. The third kappa shape index (κ3) is 4.91.